The third kappa shape index (κ3) is 4.07. The number of benzene rings is 2. The average Bonchev–Trinajstić information content (AvgIpc) is 3.45. The van der Waals surface area contributed by atoms with Crippen LogP contribution in [-0.2, 0) is 17.9 Å². The minimum atomic E-state index is -0.844. The minimum Gasteiger partial charge on any atom is -0.351 e. The Morgan fingerprint density at radius 3 is 2.55 bits per heavy atom. The van der Waals surface area contributed by atoms with E-state index in [9.17, 15) is 10.1 Å². The van der Waals surface area contributed by atoms with Crippen molar-refractivity contribution in [3.63, 3.8) is 0 Å². The lowest BCUT2D eigenvalue weighted by Crippen LogP contribution is -2.37. The molecule has 0 radical (unpaired) electrons. The Kier molecular flexibility index (Phi) is 5.44. The lowest BCUT2D eigenvalue weighted by molar-refractivity contribution is -0.128. The Morgan fingerprint density at radius 2 is 1.86 bits per heavy atom. The average molecular weight is 384 g/mol. The van der Waals surface area contributed by atoms with Crippen LogP contribution < -0.4 is 5.32 Å². The Balaban J connectivity index is 1.48. The molecule has 1 saturated carbocycles. The molecule has 5 nitrogen and oxygen atoms in total. The van der Waals surface area contributed by atoms with Crippen molar-refractivity contribution in [2.24, 2.45) is 5.41 Å². The highest BCUT2D eigenvalue weighted by Gasteiger charge is 2.41. The fraction of sp³-hybridized carbons (Fsp3) is 0.292. The van der Waals surface area contributed by atoms with Crippen molar-refractivity contribution in [3.8, 4) is 17.2 Å². The zero-order chi connectivity index (χ0) is 20.1. The fourth-order valence-electron chi connectivity index (χ4n) is 4.04. The van der Waals surface area contributed by atoms with E-state index in [4.69, 9.17) is 0 Å². The minimum absolute atomic E-state index is 0.137. The number of nitriles is 1. The number of rotatable bonds is 6. The van der Waals surface area contributed by atoms with Crippen molar-refractivity contribution in [3.05, 3.63) is 78.1 Å². The summed E-state index contributed by atoms with van der Waals surface area (Å²) in [4.78, 5) is 12.7. The van der Waals surface area contributed by atoms with Gasteiger partial charge in [0.2, 0.25) is 5.91 Å². The lowest BCUT2D eigenvalue weighted by atomic mass is 9.87. The van der Waals surface area contributed by atoms with Gasteiger partial charge < -0.3 is 5.32 Å². The number of carbonyl (C=O) groups excluding carboxylic acids is 1. The van der Waals surface area contributed by atoms with Gasteiger partial charge in [0.25, 0.3) is 0 Å². The first kappa shape index (κ1) is 18.9. The third-order valence-corrected chi connectivity index (χ3v) is 5.73. The predicted molar refractivity (Wildman–Crippen MR) is 112 cm³/mol. The van der Waals surface area contributed by atoms with E-state index in [0.717, 1.165) is 36.1 Å². The van der Waals surface area contributed by atoms with Crippen LogP contribution in [0.1, 0.15) is 36.8 Å². The second-order valence-electron chi connectivity index (χ2n) is 7.64. The van der Waals surface area contributed by atoms with Crippen LogP contribution in [0, 0.1) is 16.7 Å². The van der Waals surface area contributed by atoms with E-state index < -0.39 is 5.41 Å². The number of nitrogens with one attached hydrogen (secondary N) is 1. The Bertz CT molecular complexity index is 1010. The molecule has 1 heterocycles. The summed E-state index contributed by atoms with van der Waals surface area (Å²) in [5.41, 5.74) is 3.58. The van der Waals surface area contributed by atoms with Gasteiger partial charge in [-0.1, -0.05) is 61.4 Å². The standard InChI is InChI=1S/C24H24N4O/c25-18-24(12-3-4-13-24)23(29)26-16-21-6-1-2-7-22(21)20-10-8-19(9-11-20)17-28-15-5-14-27-28/h1-2,5-11,14-15H,3-4,12-13,16-17H2,(H,26,29). The van der Waals surface area contributed by atoms with Gasteiger partial charge in [-0.3, -0.25) is 9.48 Å². The number of hydrogen-bond donors (Lipinski definition) is 1. The summed E-state index contributed by atoms with van der Waals surface area (Å²) in [5, 5.41) is 16.8. The zero-order valence-corrected chi connectivity index (χ0v) is 16.3. The van der Waals surface area contributed by atoms with Gasteiger partial charge in [0.1, 0.15) is 5.41 Å². The summed E-state index contributed by atoms with van der Waals surface area (Å²) in [6.07, 6.45) is 6.94. The van der Waals surface area contributed by atoms with Crippen LogP contribution in [0.4, 0.5) is 0 Å². The molecule has 1 fully saturated rings. The first-order valence-electron chi connectivity index (χ1n) is 10.0. The van der Waals surface area contributed by atoms with Gasteiger partial charge in [0.05, 0.1) is 12.6 Å². The summed E-state index contributed by atoms with van der Waals surface area (Å²) in [6.45, 7) is 1.16. The molecule has 1 amide bonds. The van der Waals surface area contributed by atoms with Gasteiger partial charge in [0, 0.05) is 18.9 Å². The van der Waals surface area contributed by atoms with E-state index in [-0.39, 0.29) is 5.91 Å². The number of amides is 1. The molecular weight excluding hydrogens is 360 g/mol. The van der Waals surface area contributed by atoms with E-state index >= 15 is 0 Å². The van der Waals surface area contributed by atoms with E-state index in [2.05, 4.69) is 46.8 Å². The molecule has 29 heavy (non-hydrogen) atoms. The van der Waals surface area contributed by atoms with Gasteiger partial charge in [-0.25, -0.2) is 0 Å². The normalized spacial score (nSPS) is 15.0. The third-order valence-electron chi connectivity index (χ3n) is 5.73. The molecule has 1 aliphatic rings. The quantitative estimate of drug-likeness (QED) is 0.689. The van der Waals surface area contributed by atoms with Gasteiger partial charge in [-0.05, 0) is 41.2 Å². The first-order chi connectivity index (χ1) is 14.2. The van der Waals surface area contributed by atoms with E-state index in [1.165, 1.54) is 5.56 Å². The zero-order valence-electron chi connectivity index (χ0n) is 16.3. The summed E-state index contributed by atoms with van der Waals surface area (Å²) < 4.78 is 1.90. The topological polar surface area (TPSA) is 70.7 Å². The van der Waals surface area contributed by atoms with Crippen LogP contribution in [-0.4, -0.2) is 15.7 Å². The molecular formula is C24H24N4O. The molecule has 4 rings (SSSR count). The number of hydrogen-bond acceptors (Lipinski definition) is 3. The van der Waals surface area contributed by atoms with Crippen LogP contribution in [0.3, 0.4) is 0 Å². The SMILES string of the molecule is N#CC1(C(=O)NCc2ccccc2-c2ccc(Cn3cccn3)cc2)CCCC1. The second-order valence-corrected chi connectivity index (χ2v) is 7.64. The largest absolute Gasteiger partial charge is 0.351 e. The molecule has 2 aromatic carbocycles. The number of aromatic nitrogens is 2. The van der Waals surface area contributed by atoms with Crippen molar-refractivity contribution in [1.29, 1.82) is 5.26 Å². The van der Waals surface area contributed by atoms with Crippen molar-refractivity contribution in [1.82, 2.24) is 15.1 Å². The molecule has 0 unspecified atom stereocenters. The molecule has 5 heteroatoms. The Labute approximate surface area is 171 Å². The smallest absolute Gasteiger partial charge is 0.240 e. The fourth-order valence-corrected chi connectivity index (χ4v) is 4.04. The summed E-state index contributed by atoms with van der Waals surface area (Å²) in [5.74, 6) is -0.137. The van der Waals surface area contributed by atoms with Crippen LogP contribution in [0.5, 0.6) is 0 Å². The number of carbonyl (C=O) groups is 1. The second kappa shape index (κ2) is 8.32. The van der Waals surface area contributed by atoms with E-state index in [1.807, 2.05) is 35.1 Å². The van der Waals surface area contributed by atoms with E-state index in [0.29, 0.717) is 19.4 Å². The highest BCUT2D eigenvalue weighted by atomic mass is 16.2. The van der Waals surface area contributed by atoms with E-state index in [1.54, 1.807) is 6.20 Å². The van der Waals surface area contributed by atoms with Gasteiger partial charge in [0.15, 0.2) is 0 Å². The molecule has 0 spiro atoms. The maximum absolute atomic E-state index is 12.7. The molecule has 0 aliphatic heterocycles. The van der Waals surface area contributed by atoms with Crippen molar-refractivity contribution >= 4 is 5.91 Å². The van der Waals surface area contributed by atoms with Crippen LogP contribution in [0.25, 0.3) is 11.1 Å². The highest BCUT2D eigenvalue weighted by Crippen LogP contribution is 2.37. The molecule has 0 saturated heterocycles. The molecule has 1 aliphatic carbocycles. The maximum atomic E-state index is 12.7. The maximum Gasteiger partial charge on any atom is 0.240 e. The molecule has 0 bridgehead atoms. The van der Waals surface area contributed by atoms with Crippen molar-refractivity contribution in [2.45, 2.75) is 38.8 Å². The molecule has 1 aromatic heterocycles. The lowest BCUT2D eigenvalue weighted by Gasteiger charge is -2.20. The summed E-state index contributed by atoms with van der Waals surface area (Å²) >= 11 is 0. The van der Waals surface area contributed by atoms with Crippen LogP contribution >= 0.6 is 0 Å². The Hall–Kier alpha value is -3.39. The van der Waals surface area contributed by atoms with Crippen molar-refractivity contribution in [2.75, 3.05) is 0 Å². The summed E-state index contributed by atoms with van der Waals surface area (Å²) in [7, 11) is 0. The molecule has 1 N–H and O–H groups in total. The van der Waals surface area contributed by atoms with Gasteiger partial charge in [-0.15, -0.1) is 0 Å². The summed E-state index contributed by atoms with van der Waals surface area (Å²) in [6, 6.07) is 20.7. The molecule has 146 valence electrons. The van der Waals surface area contributed by atoms with Gasteiger partial charge >= 0.3 is 0 Å². The van der Waals surface area contributed by atoms with Crippen molar-refractivity contribution < 1.29 is 4.79 Å². The first-order valence-corrected chi connectivity index (χ1v) is 10.0. The highest BCUT2D eigenvalue weighted by molar-refractivity contribution is 5.86. The molecule has 3 aromatic rings. The van der Waals surface area contributed by atoms with Crippen LogP contribution in [0.15, 0.2) is 67.0 Å². The predicted octanol–water partition coefficient (Wildman–Crippen LogP) is 4.30. The Morgan fingerprint density at radius 1 is 1.10 bits per heavy atom. The van der Waals surface area contributed by atoms with Gasteiger partial charge in [-0.2, -0.15) is 10.4 Å². The molecule has 0 atom stereocenters. The number of nitrogens with zero attached hydrogens (tertiary/aromatic N) is 3. The van der Waals surface area contributed by atoms with Crippen LogP contribution in [0.2, 0.25) is 0 Å². The monoisotopic (exact) mass is 384 g/mol.